The minimum absolute atomic E-state index is 0.328. The summed E-state index contributed by atoms with van der Waals surface area (Å²) >= 11 is 0. The predicted octanol–water partition coefficient (Wildman–Crippen LogP) is 3.36. The fourth-order valence-corrected chi connectivity index (χ4v) is 3.09. The van der Waals surface area contributed by atoms with Crippen LogP contribution < -0.4 is 0 Å². The van der Waals surface area contributed by atoms with E-state index in [1.165, 1.54) is 16.5 Å². The highest BCUT2D eigenvalue weighted by atomic mass is 16.2. The van der Waals surface area contributed by atoms with E-state index in [1.807, 2.05) is 11.0 Å². The highest BCUT2D eigenvalue weighted by molar-refractivity contribution is 5.83. The number of nitrogens with one attached hydrogen (secondary N) is 1. The molecule has 3 rings (SSSR count). The quantitative estimate of drug-likeness (QED) is 0.908. The third-order valence-electron chi connectivity index (χ3n) is 4.29. The third-order valence-corrected chi connectivity index (χ3v) is 4.29. The van der Waals surface area contributed by atoms with Gasteiger partial charge in [0.1, 0.15) is 0 Å². The molecule has 3 heteroatoms. The Morgan fingerprint density at radius 1 is 1.40 bits per heavy atom. The number of aromatic nitrogens is 1. The first kappa shape index (κ1) is 13.2. The van der Waals surface area contributed by atoms with Gasteiger partial charge in [-0.3, -0.25) is 4.79 Å². The summed E-state index contributed by atoms with van der Waals surface area (Å²) in [4.78, 5) is 17.4. The number of aryl methyl sites for hydroxylation is 1. The van der Waals surface area contributed by atoms with Crippen molar-refractivity contribution in [2.24, 2.45) is 5.92 Å². The molecule has 2 heterocycles. The number of para-hydroxylation sites is 1. The Hall–Kier alpha value is -1.77. The molecule has 1 atom stereocenters. The van der Waals surface area contributed by atoms with Gasteiger partial charge >= 0.3 is 0 Å². The average molecular weight is 270 g/mol. The van der Waals surface area contributed by atoms with Crippen molar-refractivity contribution in [2.75, 3.05) is 13.1 Å². The van der Waals surface area contributed by atoms with Crippen molar-refractivity contribution in [1.82, 2.24) is 9.88 Å². The molecule has 0 radical (unpaired) electrons. The third kappa shape index (κ3) is 2.72. The van der Waals surface area contributed by atoms with Gasteiger partial charge in [-0.05, 0) is 36.8 Å². The van der Waals surface area contributed by atoms with Gasteiger partial charge in [0.2, 0.25) is 5.91 Å². The Morgan fingerprint density at radius 3 is 3.05 bits per heavy atom. The van der Waals surface area contributed by atoms with Crippen molar-refractivity contribution in [1.29, 1.82) is 0 Å². The van der Waals surface area contributed by atoms with Gasteiger partial charge in [0.15, 0.2) is 0 Å². The fraction of sp³-hybridized carbons (Fsp3) is 0.471. The molecule has 1 aromatic heterocycles. The fourth-order valence-electron chi connectivity index (χ4n) is 3.09. The van der Waals surface area contributed by atoms with E-state index >= 15 is 0 Å². The number of nitrogens with zero attached hydrogens (tertiary/aromatic N) is 1. The normalized spacial score (nSPS) is 18.9. The largest absolute Gasteiger partial charge is 0.361 e. The summed E-state index contributed by atoms with van der Waals surface area (Å²) in [6.07, 6.45) is 5.82. The van der Waals surface area contributed by atoms with Crippen LogP contribution >= 0.6 is 0 Å². The topological polar surface area (TPSA) is 36.1 Å². The highest BCUT2D eigenvalue weighted by Gasteiger charge is 2.22. The number of H-pyrrole nitrogens is 1. The molecule has 2 aromatic rings. The van der Waals surface area contributed by atoms with Crippen LogP contribution in [0.25, 0.3) is 10.9 Å². The van der Waals surface area contributed by atoms with E-state index < -0.39 is 0 Å². The number of hydrogen-bond donors (Lipinski definition) is 1. The zero-order valence-electron chi connectivity index (χ0n) is 12.1. The molecule has 1 aromatic carbocycles. The lowest BCUT2D eigenvalue weighted by atomic mass is 10.1. The van der Waals surface area contributed by atoms with Crippen molar-refractivity contribution >= 4 is 16.8 Å². The first-order chi connectivity index (χ1) is 9.74. The molecule has 1 aliphatic heterocycles. The number of benzene rings is 1. The number of amides is 1. The maximum Gasteiger partial charge on any atom is 0.222 e. The standard InChI is InChI=1S/C17H22N2O/c1-13-9-10-19(12-13)17(20)8-4-5-14-11-18-16-7-3-2-6-15(14)16/h2-3,6-7,11,13,18H,4-5,8-10,12H2,1H3. The molecule has 0 spiro atoms. The predicted molar refractivity (Wildman–Crippen MR) is 81.6 cm³/mol. The lowest BCUT2D eigenvalue weighted by molar-refractivity contribution is -0.130. The van der Waals surface area contributed by atoms with Crippen LogP contribution in [0.15, 0.2) is 30.5 Å². The summed E-state index contributed by atoms with van der Waals surface area (Å²) in [6, 6.07) is 8.35. The van der Waals surface area contributed by atoms with E-state index in [-0.39, 0.29) is 0 Å². The zero-order valence-corrected chi connectivity index (χ0v) is 12.1. The number of fused-ring (bicyclic) bond motifs is 1. The summed E-state index contributed by atoms with van der Waals surface area (Å²) in [5, 5.41) is 1.29. The molecular weight excluding hydrogens is 248 g/mol. The SMILES string of the molecule is CC1CCN(C(=O)CCCc2c[nH]c3ccccc23)C1. The summed E-state index contributed by atoms with van der Waals surface area (Å²) < 4.78 is 0. The van der Waals surface area contributed by atoms with E-state index in [2.05, 4.69) is 36.3 Å². The second-order valence-electron chi connectivity index (χ2n) is 5.95. The number of aromatic amines is 1. The number of carbonyl (C=O) groups is 1. The maximum absolute atomic E-state index is 12.1. The Bertz CT molecular complexity index is 602. The molecule has 1 aliphatic rings. The molecule has 3 nitrogen and oxygen atoms in total. The van der Waals surface area contributed by atoms with E-state index in [0.717, 1.165) is 32.4 Å². The van der Waals surface area contributed by atoms with Crippen molar-refractivity contribution in [3.63, 3.8) is 0 Å². The molecular formula is C17H22N2O. The van der Waals surface area contributed by atoms with E-state index in [1.54, 1.807) is 0 Å². The van der Waals surface area contributed by atoms with Gasteiger partial charge in [-0.2, -0.15) is 0 Å². The highest BCUT2D eigenvalue weighted by Crippen LogP contribution is 2.20. The van der Waals surface area contributed by atoms with Gasteiger partial charge in [-0.25, -0.2) is 0 Å². The molecule has 1 amide bonds. The second kappa shape index (κ2) is 5.70. The van der Waals surface area contributed by atoms with Gasteiger partial charge in [0.05, 0.1) is 0 Å². The van der Waals surface area contributed by atoms with Gasteiger partial charge in [0.25, 0.3) is 0 Å². The number of carbonyl (C=O) groups excluding carboxylic acids is 1. The van der Waals surface area contributed by atoms with Crippen molar-refractivity contribution < 1.29 is 4.79 Å². The molecule has 106 valence electrons. The van der Waals surface area contributed by atoms with Crippen LogP contribution in [0.3, 0.4) is 0 Å². The number of likely N-dealkylation sites (tertiary alicyclic amines) is 1. The lowest BCUT2D eigenvalue weighted by Gasteiger charge is -2.15. The van der Waals surface area contributed by atoms with Crippen LogP contribution in [0, 0.1) is 5.92 Å². The minimum atomic E-state index is 0.328. The molecule has 1 saturated heterocycles. The Balaban J connectivity index is 1.54. The van der Waals surface area contributed by atoms with E-state index in [0.29, 0.717) is 18.2 Å². The van der Waals surface area contributed by atoms with Gasteiger partial charge in [-0.1, -0.05) is 25.1 Å². The Kier molecular flexibility index (Phi) is 3.77. The van der Waals surface area contributed by atoms with Crippen molar-refractivity contribution in [2.45, 2.75) is 32.6 Å². The lowest BCUT2D eigenvalue weighted by Crippen LogP contribution is -2.28. The van der Waals surface area contributed by atoms with E-state index in [4.69, 9.17) is 0 Å². The van der Waals surface area contributed by atoms with Crippen LogP contribution in [-0.2, 0) is 11.2 Å². The monoisotopic (exact) mass is 270 g/mol. The zero-order chi connectivity index (χ0) is 13.9. The molecule has 1 N–H and O–H groups in total. The number of hydrogen-bond acceptors (Lipinski definition) is 1. The number of rotatable bonds is 4. The summed E-state index contributed by atoms with van der Waals surface area (Å²) in [7, 11) is 0. The maximum atomic E-state index is 12.1. The summed E-state index contributed by atoms with van der Waals surface area (Å²) in [5.41, 5.74) is 2.50. The van der Waals surface area contributed by atoms with Gasteiger partial charge in [0, 0.05) is 36.6 Å². The first-order valence-corrected chi connectivity index (χ1v) is 7.57. The minimum Gasteiger partial charge on any atom is -0.361 e. The van der Waals surface area contributed by atoms with Crippen LogP contribution in [-0.4, -0.2) is 28.9 Å². The second-order valence-corrected chi connectivity index (χ2v) is 5.95. The Morgan fingerprint density at radius 2 is 2.25 bits per heavy atom. The first-order valence-electron chi connectivity index (χ1n) is 7.57. The molecule has 20 heavy (non-hydrogen) atoms. The molecule has 0 aliphatic carbocycles. The van der Waals surface area contributed by atoms with Crippen LogP contribution in [0.4, 0.5) is 0 Å². The molecule has 0 bridgehead atoms. The molecule has 1 unspecified atom stereocenters. The van der Waals surface area contributed by atoms with E-state index in [9.17, 15) is 4.79 Å². The van der Waals surface area contributed by atoms with Gasteiger partial charge in [-0.15, -0.1) is 0 Å². The molecule has 0 saturated carbocycles. The van der Waals surface area contributed by atoms with Crippen LogP contribution in [0.2, 0.25) is 0 Å². The van der Waals surface area contributed by atoms with Crippen molar-refractivity contribution in [3.8, 4) is 0 Å². The summed E-state index contributed by atoms with van der Waals surface area (Å²) in [6.45, 7) is 4.12. The Labute approximate surface area is 120 Å². The average Bonchev–Trinajstić information content (AvgIpc) is 3.06. The van der Waals surface area contributed by atoms with Crippen LogP contribution in [0.1, 0.15) is 31.7 Å². The van der Waals surface area contributed by atoms with Gasteiger partial charge < -0.3 is 9.88 Å². The molecule has 1 fully saturated rings. The summed E-state index contributed by atoms with van der Waals surface area (Å²) in [5.74, 6) is 1.00. The van der Waals surface area contributed by atoms with Crippen molar-refractivity contribution in [3.05, 3.63) is 36.0 Å². The van der Waals surface area contributed by atoms with Crippen LogP contribution in [0.5, 0.6) is 0 Å². The smallest absolute Gasteiger partial charge is 0.222 e.